The van der Waals surface area contributed by atoms with Crippen molar-refractivity contribution in [3.8, 4) is 0 Å². The Hall–Kier alpha value is 0.270. The van der Waals surface area contributed by atoms with E-state index in [1.54, 1.807) is 0 Å². The molecule has 1 fully saturated rings. The Balaban J connectivity index is 2.66. The Labute approximate surface area is 104 Å². The summed E-state index contributed by atoms with van der Waals surface area (Å²) >= 11 is 17.4. The summed E-state index contributed by atoms with van der Waals surface area (Å²) in [6.45, 7) is -0.249. The van der Waals surface area contributed by atoms with Gasteiger partial charge in [-0.15, -0.1) is 0 Å². The second-order valence-corrected chi connectivity index (χ2v) is 6.43. The largest absolute Gasteiger partial charge is 0.265 e. The number of rotatable bonds is 3. The van der Waals surface area contributed by atoms with Crippen LogP contribution in [-0.4, -0.2) is 15.3 Å². The van der Waals surface area contributed by atoms with Gasteiger partial charge in [-0.25, -0.2) is 0 Å². The lowest BCUT2D eigenvalue weighted by atomic mass is 9.80. The molecule has 0 N–H and O–H groups in total. The summed E-state index contributed by atoms with van der Waals surface area (Å²) in [5, 5.41) is 10.5. The van der Waals surface area contributed by atoms with Gasteiger partial charge < -0.3 is 0 Å². The van der Waals surface area contributed by atoms with Crippen LogP contribution >= 0.6 is 34.8 Å². The number of nitrogens with zero attached hydrogens (tertiary/aromatic N) is 1. The second-order valence-electron chi connectivity index (χ2n) is 4.06. The maximum Gasteiger partial charge on any atom is 0.211 e. The molecule has 0 aromatic rings. The molecule has 0 bridgehead atoms. The van der Waals surface area contributed by atoms with Crippen molar-refractivity contribution in [2.75, 3.05) is 6.54 Å². The summed E-state index contributed by atoms with van der Waals surface area (Å²) in [6.07, 6.45) is 5.22. The molecule has 0 heterocycles. The highest BCUT2D eigenvalue weighted by molar-refractivity contribution is 6.67. The lowest BCUT2D eigenvalue weighted by Gasteiger charge is -2.31. The molecule has 1 rings (SSSR count). The van der Waals surface area contributed by atoms with Crippen LogP contribution in [-0.2, 0) is 0 Å². The zero-order valence-electron chi connectivity index (χ0n) is 8.29. The lowest BCUT2D eigenvalue weighted by Crippen LogP contribution is -2.35. The van der Waals surface area contributed by atoms with E-state index in [1.165, 1.54) is 6.42 Å². The molecule has 6 heteroatoms. The minimum absolute atomic E-state index is 0.177. The highest BCUT2D eigenvalue weighted by atomic mass is 35.6. The van der Waals surface area contributed by atoms with Crippen molar-refractivity contribution in [1.29, 1.82) is 0 Å². The fourth-order valence-electron chi connectivity index (χ4n) is 2.22. The van der Waals surface area contributed by atoms with Crippen molar-refractivity contribution in [2.45, 2.75) is 35.9 Å². The fourth-order valence-corrected chi connectivity index (χ4v) is 2.96. The molecular formula is C9H14Cl3NO2. The van der Waals surface area contributed by atoms with E-state index < -0.39 is 9.71 Å². The smallest absolute Gasteiger partial charge is 0.211 e. The van der Waals surface area contributed by atoms with E-state index in [0.29, 0.717) is 0 Å². The first-order valence-corrected chi connectivity index (χ1v) is 6.23. The van der Waals surface area contributed by atoms with Crippen LogP contribution < -0.4 is 0 Å². The molecule has 0 aliphatic heterocycles. The van der Waals surface area contributed by atoms with Crippen LogP contribution in [0.5, 0.6) is 0 Å². The Morgan fingerprint density at radius 2 is 1.80 bits per heavy atom. The normalized spacial score (nSPS) is 21.3. The van der Waals surface area contributed by atoms with E-state index in [4.69, 9.17) is 34.8 Å². The van der Waals surface area contributed by atoms with E-state index in [2.05, 4.69) is 0 Å². The highest BCUT2D eigenvalue weighted by Gasteiger charge is 2.42. The maximum atomic E-state index is 10.5. The molecule has 1 saturated carbocycles. The van der Waals surface area contributed by atoms with Crippen molar-refractivity contribution < 1.29 is 4.92 Å². The van der Waals surface area contributed by atoms with Crippen molar-refractivity contribution in [1.82, 2.24) is 0 Å². The van der Waals surface area contributed by atoms with Crippen LogP contribution in [0.2, 0.25) is 0 Å². The molecule has 15 heavy (non-hydrogen) atoms. The molecule has 0 aromatic heterocycles. The minimum Gasteiger partial charge on any atom is -0.265 e. The average molecular weight is 275 g/mol. The standard InChI is InChI=1S/C9H14Cl3NO2/c10-9(11,12)8(6-13(14)15)7-4-2-1-3-5-7/h7-8H,1-6H2/t8-/m1/s1. The molecule has 0 spiro atoms. The quantitative estimate of drug-likeness (QED) is 0.446. The van der Waals surface area contributed by atoms with Crippen LogP contribution in [0.25, 0.3) is 0 Å². The number of nitro groups is 1. The third-order valence-corrected chi connectivity index (χ3v) is 3.83. The summed E-state index contributed by atoms with van der Waals surface area (Å²) in [4.78, 5) is 10.1. The van der Waals surface area contributed by atoms with Gasteiger partial charge in [0.05, 0.1) is 5.92 Å². The third kappa shape index (κ3) is 4.33. The zero-order valence-corrected chi connectivity index (χ0v) is 10.6. The minimum atomic E-state index is -1.52. The third-order valence-electron chi connectivity index (χ3n) is 2.99. The van der Waals surface area contributed by atoms with Gasteiger partial charge in [0, 0.05) is 4.92 Å². The average Bonchev–Trinajstić information content (AvgIpc) is 2.14. The molecule has 3 nitrogen and oxygen atoms in total. The Bertz CT molecular complexity index is 224. The zero-order chi connectivity index (χ0) is 11.5. The Morgan fingerprint density at radius 3 is 2.20 bits per heavy atom. The first-order valence-electron chi connectivity index (χ1n) is 5.10. The van der Waals surface area contributed by atoms with E-state index >= 15 is 0 Å². The van der Waals surface area contributed by atoms with Gasteiger partial charge in [-0.3, -0.25) is 10.1 Å². The monoisotopic (exact) mass is 273 g/mol. The van der Waals surface area contributed by atoms with Crippen molar-refractivity contribution in [2.24, 2.45) is 11.8 Å². The summed E-state index contributed by atoms with van der Waals surface area (Å²) in [5.74, 6) is -0.283. The number of hydrogen-bond donors (Lipinski definition) is 0. The van der Waals surface area contributed by atoms with E-state index in [1.807, 2.05) is 0 Å². The van der Waals surface area contributed by atoms with E-state index in [0.717, 1.165) is 25.7 Å². The molecule has 0 saturated heterocycles. The van der Waals surface area contributed by atoms with Crippen molar-refractivity contribution >= 4 is 34.8 Å². The number of alkyl halides is 3. The molecule has 1 aliphatic rings. The van der Waals surface area contributed by atoms with Crippen molar-refractivity contribution in [3.05, 3.63) is 10.1 Å². The molecule has 1 aliphatic carbocycles. The first kappa shape index (κ1) is 13.3. The van der Waals surface area contributed by atoms with Gasteiger partial charge in [-0.05, 0) is 18.8 Å². The highest BCUT2D eigenvalue weighted by Crippen LogP contribution is 2.44. The van der Waals surface area contributed by atoms with Crippen LogP contribution in [0, 0.1) is 22.0 Å². The SMILES string of the molecule is O=[N+]([O-])C[C@H](C1CCCCC1)C(Cl)(Cl)Cl. The van der Waals surface area contributed by atoms with Crippen LogP contribution in [0.3, 0.4) is 0 Å². The van der Waals surface area contributed by atoms with E-state index in [9.17, 15) is 10.1 Å². The molecule has 0 unspecified atom stereocenters. The van der Waals surface area contributed by atoms with Gasteiger partial charge in [0.25, 0.3) is 0 Å². The van der Waals surface area contributed by atoms with Crippen LogP contribution in [0.4, 0.5) is 0 Å². The predicted molar refractivity (Wildman–Crippen MR) is 62.2 cm³/mol. The topological polar surface area (TPSA) is 43.1 Å². The maximum absolute atomic E-state index is 10.5. The molecule has 0 amide bonds. The second kappa shape index (κ2) is 5.55. The van der Waals surface area contributed by atoms with Gasteiger partial charge in [-0.2, -0.15) is 0 Å². The Morgan fingerprint density at radius 1 is 1.27 bits per heavy atom. The lowest BCUT2D eigenvalue weighted by molar-refractivity contribution is -0.490. The van der Waals surface area contributed by atoms with Crippen molar-refractivity contribution in [3.63, 3.8) is 0 Å². The molecule has 1 atom stereocenters. The first-order chi connectivity index (χ1) is 6.91. The molecule has 0 radical (unpaired) electrons. The summed E-state index contributed by atoms with van der Waals surface area (Å²) in [6, 6.07) is 0. The molecule has 0 aromatic carbocycles. The summed E-state index contributed by atoms with van der Waals surface area (Å²) in [5.41, 5.74) is 0. The molecule has 88 valence electrons. The number of halogens is 3. The van der Waals surface area contributed by atoms with Gasteiger partial charge in [-0.1, -0.05) is 54.1 Å². The van der Waals surface area contributed by atoms with Gasteiger partial charge >= 0.3 is 0 Å². The molecular weight excluding hydrogens is 260 g/mol. The Kier molecular flexibility index (Phi) is 4.94. The van der Waals surface area contributed by atoms with Gasteiger partial charge in [0.1, 0.15) is 0 Å². The summed E-state index contributed by atoms with van der Waals surface area (Å²) < 4.78 is -1.52. The fraction of sp³-hybridized carbons (Fsp3) is 1.00. The van der Waals surface area contributed by atoms with Crippen LogP contribution in [0.15, 0.2) is 0 Å². The summed E-state index contributed by atoms with van der Waals surface area (Å²) in [7, 11) is 0. The van der Waals surface area contributed by atoms with Gasteiger partial charge in [0.15, 0.2) is 3.79 Å². The van der Waals surface area contributed by atoms with Crippen LogP contribution in [0.1, 0.15) is 32.1 Å². The van der Waals surface area contributed by atoms with Gasteiger partial charge in [0.2, 0.25) is 6.54 Å². The number of hydrogen-bond acceptors (Lipinski definition) is 2. The van der Waals surface area contributed by atoms with E-state index in [-0.39, 0.29) is 17.4 Å². The predicted octanol–water partition coefficient (Wildman–Crippen LogP) is 3.83.